The summed E-state index contributed by atoms with van der Waals surface area (Å²) in [6, 6.07) is 0. The van der Waals surface area contributed by atoms with Gasteiger partial charge in [-0.25, -0.2) is 9.13 Å². The maximum absolute atomic E-state index is 12.8. The second kappa shape index (κ2) is 55.0. The first-order valence-electron chi connectivity index (χ1n) is 29.5. The van der Waals surface area contributed by atoms with Crippen LogP contribution in [0.15, 0.2) is 97.2 Å². The van der Waals surface area contributed by atoms with Crippen molar-refractivity contribution in [2.75, 3.05) is 39.6 Å². The number of carbonyl (C=O) groups is 3. The van der Waals surface area contributed by atoms with E-state index in [2.05, 4.69) is 118 Å². The Bertz CT molecular complexity index is 1840. The maximum Gasteiger partial charge on any atom is 0.472 e. The molecule has 18 heteroatoms. The van der Waals surface area contributed by atoms with Gasteiger partial charge in [-0.15, -0.1) is 0 Å². The normalized spacial score (nSPS) is 15.2. The molecule has 0 rings (SSSR count). The molecule has 0 saturated carbocycles. The molecule has 454 valence electrons. The van der Waals surface area contributed by atoms with Crippen LogP contribution in [0.4, 0.5) is 0 Å². The van der Waals surface area contributed by atoms with E-state index >= 15 is 0 Å². The molecule has 0 aliphatic rings. The number of unbranched alkanes of at least 4 members (excludes halogenated alkanes) is 16. The molecule has 0 aromatic carbocycles. The maximum atomic E-state index is 12.8. The van der Waals surface area contributed by atoms with E-state index in [9.17, 15) is 43.5 Å². The zero-order valence-corrected chi connectivity index (χ0v) is 50.3. The SMILES string of the molecule is CC/C=C\C/C=C\C/C=C\C/C=C\C/C=C\C/C=C\CCCCC(=O)OCC(O)COP(=O)(O)OCC(O)COP(=O)(O)OCC(COC(=O)CCCCCCC/C=C\CCCC)OC(=O)CCCCCCC/C=C\CCCC. The van der Waals surface area contributed by atoms with Crippen molar-refractivity contribution >= 4 is 33.6 Å². The summed E-state index contributed by atoms with van der Waals surface area (Å²) in [5.74, 6) is -1.65. The Labute approximate surface area is 476 Å². The van der Waals surface area contributed by atoms with E-state index in [1.54, 1.807) is 0 Å². The van der Waals surface area contributed by atoms with Crippen molar-refractivity contribution in [1.29, 1.82) is 0 Å². The lowest BCUT2D eigenvalue weighted by molar-refractivity contribution is -0.161. The number of carbonyl (C=O) groups excluding carboxylic acids is 3. The summed E-state index contributed by atoms with van der Waals surface area (Å²) in [7, 11) is -9.77. The van der Waals surface area contributed by atoms with Gasteiger partial charge in [0.05, 0.1) is 26.4 Å². The van der Waals surface area contributed by atoms with E-state index in [0.717, 1.165) is 128 Å². The molecule has 0 saturated heterocycles. The van der Waals surface area contributed by atoms with Crippen molar-refractivity contribution < 1.29 is 75.8 Å². The highest BCUT2D eigenvalue weighted by Crippen LogP contribution is 2.45. The van der Waals surface area contributed by atoms with E-state index < -0.39 is 91.5 Å². The van der Waals surface area contributed by atoms with Gasteiger partial charge in [0.2, 0.25) is 0 Å². The smallest absolute Gasteiger partial charge is 0.463 e. The first-order valence-corrected chi connectivity index (χ1v) is 32.5. The van der Waals surface area contributed by atoms with Crippen molar-refractivity contribution in [1.82, 2.24) is 0 Å². The second-order valence-electron chi connectivity index (χ2n) is 19.4. The fraction of sp³-hybridized carbons (Fsp3) is 0.689. The Kier molecular flexibility index (Phi) is 52.6. The number of hydrogen-bond acceptors (Lipinski definition) is 14. The molecule has 0 bridgehead atoms. The lowest BCUT2D eigenvalue weighted by atomic mass is 10.1. The van der Waals surface area contributed by atoms with Crippen LogP contribution in [0.25, 0.3) is 0 Å². The van der Waals surface area contributed by atoms with Crippen LogP contribution in [0.5, 0.6) is 0 Å². The molecule has 0 aliphatic carbocycles. The zero-order chi connectivity index (χ0) is 58.2. The lowest BCUT2D eigenvalue weighted by Gasteiger charge is -2.21. The van der Waals surface area contributed by atoms with Crippen molar-refractivity contribution in [2.24, 2.45) is 0 Å². The van der Waals surface area contributed by atoms with E-state index in [1.165, 1.54) is 25.7 Å². The molecule has 0 aromatic rings. The lowest BCUT2D eigenvalue weighted by Crippen LogP contribution is -2.30. The molecule has 16 nitrogen and oxygen atoms in total. The summed E-state index contributed by atoms with van der Waals surface area (Å²) in [5.41, 5.74) is 0. The third-order valence-electron chi connectivity index (χ3n) is 11.8. The van der Waals surface area contributed by atoms with Crippen LogP contribution < -0.4 is 0 Å². The monoisotopic (exact) mass is 1150 g/mol. The minimum atomic E-state index is -4.92. The van der Waals surface area contributed by atoms with Gasteiger partial charge in [-0.05, 0) is 109 Å². The summed E-state index contributed by atoms with van der Waals surface area (Å²) in [4.78, 5) is 57.9. The summed E-state index contributed by atoms with van der Waals surface area (Å²) < 4.78 is 60.4. The van der Waals surface area contributed by atoms with Gasteiger partial charge in [0.1, 0.15) is 25.4 Å². The van der Waals surface area contributed by atoms with Crippen LogP contribution in [-0.2, 0) is 55.8 Å². The number of phosphoric acid groups is 2. The molecule has 0 spiro atoms. The van der Waals surface area contributed by atoms with Crippen molar-refractivity contribution in [2.45, 2.75) is 232 Å². The van der Waals surface area contributed by atoms with Gasteiger partial charge in [0.25, 0.3) is 0 Å². The minimum absolute atomic E-state index is 0.0908. The van der Waals surface area contributed by atoms with Crippen molar-refractivity contribution in [3.8, 4) is 0 Å². The van der Waals surface area contributed by atoms with Gasteiger partial charge in [0.15, 0.2) is 6.10 Å². The Morgan fingerprint density at radius 3 is 1.10 bits per heavy atom. The quantitative estimate of drug-likeness (QED) is 0.0146. The molecule has 0 radical (unpaired) electrons. The Morgan fingerprint density at radius 2 is 0.671 bits per heavy atom. The number of phosphoric ester groups is 2. The number of aliphatic hydroxyl groups excluding tert-OH is 2. The third kappa shape index (κ3) is 56.1. The van der Waals surface area contributed by atoms with Crippen LogP contribution in [0.1, 0.15) is 213 Å². The molecule has 0 amide bonds. The number of allylic oxidation sites excluding steroid dienone is 16. The predicted molar refractivity (Wildman–Crippen MR) is 316 cm³/mol. The van der Waals surface area contributed by atoms with E-state index in [0.29, 0.717) is 19.3 Å². The molecular formula is C61H104O16P2. The van der Waals surface area contributed by atoms with Gasteiger partial charge in [-0.3, -0.25) is 32.5 Å². The number of rotatable bonds is 55. The first kappa shape index (κ1) is 75.5. The molecule has 5 atom stereocenters. The third-order valence-corrected chi connectivity index (χ3v) is 13.7. The van der Waals surface area contributed by atoms with Crippen LogP contribution >= 0.6 is 15.6 Å². The number of hydrogen-bond donors (Lipinski definition) is 4. The highest BCUT2D eigenvalue weighted by Gasteiger charge is 2.29. The molecule has 0 heterocycles. The molecule has 79 heavy (non-hydrogen) atoms. The Balaban J connectivity index is 4.61. The van der Waals surface area contributed by atoms with Gasteiger partial charge in [0, 0.05) is 19.3 Å². The van der Waals surface area contributed by atoms with Crippen molar-refractivity contribution in [3.63, 3.8) is 0 Å². The standard InChI is InChI=1S/C61H104O16P2/c1-4-7-10-13-16-19-22-23-24-25-26-27-28-29-30-31-34-36-38-41-44-47-59(64)71-50-56(62)51-73-78(67,68)74-52-57(63)53-75-79(69,70)76-55-58(77-61(66)49-46-43-40-37-33-21-18-15-12-9-6-3)54-72-60(65)48-45-42-39-35-32-20-17-14-11-8-5-2/h7,10,14-19,23-24,26-27,29-30,34,36,56-58,62-63H,4-6,8-9,11-13,20-22,25,28,31-33,35,37-55H2,1-3H3,(H,67,68)(H,69,70)/b10-7-,17-14-,18-15-,19-16-,24-23-,27-26-,30-29-,36-34-. The van der Waals surface area contributed by atoms with E-state index in [-0.39, 0.29) is 19.3 Å². The van der Waals surface area contributed by atoms with Gasteiger partial charge in [-0.2, -0.15) is 0 Å². The number of esters is 3. The van der Waals surface area contributed by atoms with Gasteiger partial charge in [-0.1, -0.05) is 182 Å². The average Bonchev–Trinajstić information content (AvgIpc) is 3.42. The topological polar surface area (TPSA) is 231 Å². The first-order chi connectivity index (χ1) is 38.2. The summed E-state index contributed by atoms with van der Waals surface area (Å²) in [6.45, 7) is 2.35. The van der Waals surface area contributed by atoms with Gasteiger partial charge < -0.3 is 34.2 Å². The fourth-order valence-corrected chi connectivity index (χ4v) is 8.76. The van der Waals surface area contributed by atoms with E-state index in [4.69, 9.17) is 32.3 Å². The Morgan fingerprint density at radius 1 is 0.367 bits per heavy atom. The van der Waals surface area contributed by atoms with E-state index in [1.807, 2.05) is 0 Å². The largest absolute Gasteiger partial charge is 0.472 e. The zero-order valence-electron chi connectivity index (χ0n) is 48.5. The number of ether oxygens (including phenoxy) is 3. The minimum Gasteiger partial charge on any atom is -0.463 e. The summed E-state index contributed by atoms with van der Waals surface area (Å²) in [6.07, 6.45) is 56.4. The summed E-state index contributed by atoms with van der Waals surface area (Å²) in [5, 5.41) is 20.4. The molecule has 0 aromatic heterocycles. The van der Waals surface area contributed by atoms with Crippen LogP contribution in [0, 0.1) is 0 Å². The molecule has 5 unspecified atom stereocenters. The highest BCUT2D eigenvalue weighted by molar-refractivity contribution is 7.47. The van der Waals surface area contributed by atoms with Crippen LogP contribution in [0.3, 0.4) is 0 Å². The highest BCUT2D eigenvalue weighted by atomic mass is 31.2. The summed E-state index contributed by atoms with van der Waals surface area (Å²) >= 11 is 0. The average molecular weight is 1160 g/mol. The molecule has 0 aliphatic heterocycles. The van der Waals surface area contributed by atoms with Crippen molar-refractivity contribution in [3.05, 3.63) is 97.2 Å². The Hall–Kier alpha value is -3.53. The number of aliphatic hydroxyl groups is 2. The van der Waals surface area contributed by atoms with Crippen LogP contribution in [-0.4, -0.2) is 95.9 Å². The van der Waals surface area contributed by atoms with Crippen LogP contribution in [0.2, 0.25) is 0 Å². The predicted octanol–water partition coefficient (Wildman–Crippen LogP) is 15.2. The second-order valence-corrected chi connectivity index (χ2v) is 22.3. The molecule has 4 N–H and O–H groups in total. The van der Waals surface area contributed by atoms with Gasteiger partial charge >= 0.3 is 33.6 Å². The molecular weight excluding hydrogens is 1050 g/mol. The molecule has 0 fully saturated rings. The fourth-order valence-electron chi connectivity index (χ4n) is 7.18.